The number of aromatic carboxylic acids is 1. The fraction of sp³-hybridized carbons (Fsp3) is 0.467. The van der Waals surface area contributed by atoms with E-state index in [9.17, 15) is 9.59 Å². The van der Waals surface area contributed by atoms with Gasteiger partial charge in [-0.05, 0) is 44.9 Å². The van der Waals surface area contributed by atoms with Gasteiger partial charge in [-0.3, -0.25) is 4.79 Å². The molecule has 0 aliphatic heterocycles. The number of benzene rings is 1. The Hall–Kier alpha value is -2.24. The molecule has 114 valence electrons. The van der Waals surface area contributed by atoms with Gasteiger partial charge in [0.15, 0.2) is 0 Å². The van der Waals surface area contributed by atoms with Crippen LogP contribution in [-0.4, -0.2) is 35.6 Å². The molecule has 1 amide bonds. The molecule has 2 rings (SSSR count). The zero-order valence-corrected chi connectivity index (χ0v) is 12.3. The van der Waals surface area contributed by atoms with Crippen molar-refractivity contribution in [1.29, 1.82) is 0 Å². The number of likely N-dealkylation sites (N-methyl/N-ethyl adjacent to an activating group) is 1. The Morgan fingerprint density at radius 3 is 2.62 bits per heavy atom. The van der Waals surface area contributed by atoms with Crippen molar-refractivity contribution >= 4 is 23.3 Å². The Morgan fingerprint density at radius 1 is 1.48 bits per heavy atom. The first-order valence-corrected chi connectivity index (χ1v) is 7.13. The van der Waals surface area contributed by atoms with E-state index in [1.165, 1.54) is 12.1 Å². The lowest BCUT2D eigenvalue weighted by Crippen LogP contribution is -2.46. The highest BCUT2D eigenvalue weighted by Crippen LogP contribution is 2.27. The smallest absolute Gasteiger partial charge is 0.335 e. The largest absolute Gasteiger partial charge is 0.478 e. The third-order valence-electron chi connectivity index (χ3n) is 3.70. The predicted molar refractivity (Wildman–Crippen MR) is 81.5 cm³/mol. The fourth-order valence-corrected chi connectivity index (χ4v) is 2.29. The molecule has 6 heteroatoms. The van der Waals surface area contributed by atoms with Gasteiger partial charge in [-0.15, -0.1) is 0 Å². The summed E-state index contributed by atoms with van der Waals surface area (Å²) in [6.07, 6.45) is 2.08. The van der Waals surface area contributed by atoms with E-state index in [-0.39, 0.29) is 17.5 Å². The minimum atomic E-state index is -1.02. The van der Waals surface area contributed by atoms with Gasteiger partial charge in [0.25, 0.3) is 0 Å². The van der Waals surface area contributed by atoms with Crippen LogP contribution in [0.15, 0.2) is 18.2 Å². The van der Waals surface area contributed by atoms with E-state index < -0.39 is 5.97 Å². The molecule has 1 aliphatic rings. The lowest BCUT2D eigenvalue weighted by Gasteiger charge is -2.30. The Morgan fingerprint density at radius 2 is 2.14 bits per heavy atom. The highest BCUT2D eigenvalue weighted by molar-refractivity contribution is 5.91. The Kier molecular flexibility index (Phi) is 4.35. The van der Waals surface area contributed by atoms with Crippen molar-refractivity contribution in [2.45, 2.75) is 38.8 Å². The molecule has 1 aromatic rings. The van der Waals surface area contributed by atoms with Gasteiger partial charge in [-0.2, -0.15) is 0 Å². The van der Waals surface area contributed by atoms with Crippen LogP contribution < -0.4 is 16.0 Å². The second-order valence-corrected chi connectivity index (χ2v) is 5.32. The summed E-state index contributed by atoms with van der Waals surface area (Å²) in [5.41, 5.74) is 7.14. The number of carboxylic acid groups (broad SMARTS) is 1. The van der Waals surface area contributed by atoms with Crippen LogP contribution in [0.25, 0.3) is 0 Å². The molecule has 1 fully saturated rings. The molecule has 1 saturated carbocycles. The third kappa shape index (κ3) is 3.45. The number of carbonyl (C=O) groups is 2. The van der Waals surface area contributed by atoms with Gasteiger partial charge in [0.1, 0.15) is 6.04 Å². The number of carboxylic acids is 1. The SMILES string of the molecule is CCN(c1ccc(C(=O)O)cc1N)C(C)C(=O)NC1CC1. The molecule has 0 saturated heterocycles. The molecule has 1 aliphatic carbocycles. The summed E-state index contributed by atoms with van der Waals surface area (Å²) in [7, 11) is 0. The van der Waals surface area contributed by atoms with Gasteiger partial charge < -0.3 is 21.1 Å². The standard InChI is InChI=1S/C15H21N3O3/c1-3-18(9(2)14(19)17-11-5-6-11)13-7-4-10(15(20)21)8-12(13)16/h4,7-9,11H,3,5-6,16H2,1-2H3,(H,17,19)(H,20,21). The number of carbonyl (C=O) groups excluding carboxylic acids is 1. The molecule has 0 aromatic heterocycles. The van der Waals surface area contributed by atoms with Crippen molar-refractivity contribution in [3.05, 3.63) is 23.8 Å². The second-order valence-electron chi connectivity index (χ2n) is 5.32. The van der Waals surface area contributed by atoms with E-state index in [0.29, 0.717) is 24.0 Å². The average Bonchev–Trinajstić information content (AvgIpc) is 3.24. The minimum absolute atomic E-state index is 0.0268. The molecule has 1 unspecified atom stereocenters. The minimum Gasteiger partial charge on any atom is -0.478 e. The molecular formula is C15H21N3O3. The van der Waals surface area contributed by atoms with E-state index in [0.717, 1.165) is 12.8 Å². The maximum atomic E-state index is 12.2. The van der Waals surface area contributed by atoms with Crippen molar-refractivity contribution in [2.75, 3.05) is 17.2 Å². The maximum Gasteiger partial charge on any atom is 0.335 e. The van der Waals surface area contributed by atoms with Crippen LogP contribution in [0.4, 0.5) is 11.4 Å². The van der Waals surface area contributed by atoms with Crippen LogP contribution in [0.5, 0.6) is 0 Å². The van der Waals surface area contributed by atoms with Gasteiger partial charge in [0, 0.05) is 12.6 Å². The zero-order valence-electron chi connectivity index (χ0n) is 12.3. The average molecular weight is 291 g/mol. The van der Waals surface area contributed by atoms with Crippen molar-refractivity contribution in [2.24, 2.45) is 0 Å². The summed E-state index contributed by atoms with van der Waals surface area (Å²) in [4.78, 5) is 25.0. The normalized spacial score (nSPS) is 15.3. The molecule has 4 N–H and O–H groups in total. The Labute approximate surface area is 123 Å². The first-order chi connectivity index (χ1) is 9.93. The summed E-state index contributed by atoms with van der Waals surface area (Å²) in [5.74, 6) is -1.04. The first-order valence-electron chi connectivity index (χ1n) is 7.13. The highest BCUT2D eigenvalue weighted by atomic mass is 16.4. The number of nitrogens with zero attached hydrogens (tertiary/aromatic N) is 1. The van der Waals surface area contributed by atoms with Crippen LogP contribution in [-0.2, 0) is 4.79 Å². The van der Waals surface area contributed by atoms with Crippen molar-refractivity contribution < 1.29 is 14.7 Å². The van der Waals surface area contributed by atoms with Gasteiger partial charge in [0.2, 0.25) is 5.91 Å². The highest BCUT2D eigenvalue weighted by Gasteiger charge is 2.28. The summed E-state index contributed by atoms with van der Waals surface area (Å²) >= 11 is 0. The lowest BCUT2D eigenvalue weighted by molar-refractivity contribution is -0.122. The molecular weight excluding hydrogens is 270 g/mol. The molecule has 0 radical (unpaired) electrons. The van der Waals surface area contributed by atoms with Gasteiger partial charge >= 0.3 is 5.97 Å². The second kappa shape index (κ2) is 6.03. The number of rotatable bonds is 6. The Bertz CT molecular complexity index is 555. The van der Waals surface area contributed by atoms with Crippen molar-refractivity contribution in [1.82, 2.24) is 5.32 Å². The van der Waals surface area contributed by atoms with Crippen molar-refractivity contribution in [3.63, 3.8) is 0 Å². The van der Waals surface area contributed by atoms with E-state index in [1.807, 2.05) is 18.7 Å². The van der Waals surface area contributed by atoms with E-state index >= 15 is 0 Å². The number of nitrogens with one attached hydrogen (secondary N) is 1. The molecule has 1 atom stereocenters. The van der Waals surface area contributed by atoms with Crippen LogP contribution in [0.3, 0.4) is 0 Å². The van der Waals surface area contributed by atoms with Crippen LogP contribution in [0.2, 0.25) is 0 Å². The van der Waals surface area contributed by atoms with Crippen LogP contribution in [0.1, 0.15) is 37.0 Å². The molecule has 1 aromatic carbocycles. The van der Waals surface area contributed by atoms with Gasteiger partial charge in [-0.25, -0.2) is 4.79 Å². The molecule has 0 heterocycles. The summed E-state index contributed by atoms with van der Waals surface area (Å²) < 4.78 is 0. The van der Waals surface area contributed by atoms with Gasteiger partial charge in [-0.1, -0.05) is 0 Å². The summed E-state index contributed by atoms with van der Waals surface area (Å²) in [6, 6.07) is 4.54. The molecule has 0 bridgehead atoms. The fourth-order valence-electron chi connectivity index (χ4n) is 2.29. The summed E-state index contributed by atoms with van der Waals surface area (Å²) in [6.45, 7) is 4.37. The third-order valence-corrected chi connectivity index (χ3v) is 3.70. The number of nitrogen functional groups attached to an aromatic ring is 1. The van der Waals surface area contributed by atoms with E-state index in [2.05, 4.69) is 5.32 Å². The predicted octanol–water partition coefficient (Wildman–Crippen LogP) is 1.46. The number of hydrogen-bond acceptors (Lipinski definition) is 4. The van der Waals surface area contributed by atoms with E-state index in [4.69, 9.17) is 10.8 Å². The molecule has 21 heavy (non-hydrogen) atoms. The van der Waals surface area contributed by atoms with Crippen molar-refractivity contribution in [3.8, 4) is 0 Å². The number of amides is 1. The van der Waals surface area contributed by atoms with Crippen LogP contribution in [0, 0.1) is 0 Å². The summed E-state index contributed by atoms with van der Waals surface area (Å²) in [5, 5.41) is 11.9. The Balaban J connectivity index is 2.19. The maximum absolute atomic E-state index is 12.2. The zero-order chi connectivity index (χ0) is 15.6. The first kappa shape index (κ1) is 15.2. The monoisotopic (exact) mass is 291 g/mol. The quantitative estimate of drug-likeness (QED) is 0.690. The van der Waals surface area contributed by atoms with E-state index in [1.54, 1.807) is 6.07 Å². The van der Waals surface area contributed by atoms with Gasteiger partial charge in [0.05, 0.1) is 16.9 Å². The van der Waals surface area contributed by atoms with Crippen LogP contribution >= 0.6 is 0 Å². The number of hydrogen-bond donors (Lipinski definition) is 3. The topological polar surface area (TPSA) is 95.7 Å². The molecule has 6 nitrogen and oxygen atoms in total. The lowest BCUT2D eigenvalue weighted by atomic mass is 10.1. The molecule has 0 spiro atoms. The number of nitrogens with two attached hydrogens (primary N) is 1. The number of anilines is 2.